The highest BCUT2D eigenvalue weighted by molar-refractivity contribution is 5.54. The van der Waals surface area contributed by atoms with Gasteiger partial charge in [-0.05, 0) is 6.92 Å². The Morgan fingerprint density at radius 1 is 1.47 bits per heavy atom. The van der Waals surface area contributed by atoms with Crippen LogP contribution in [-0.2, 0) is 0 Å². The van der Waals surface area contributed by atoms with Gasteiger partial charge in [-0.1, -0.05) is 0 Å². The van der Waals surface area contributed by atoms with E-state index >= 15 is 0 Å². The normalized spacial score (nSPS) is 19.6. The average molecular weight is 260 g/mol. The molecule has 1 fully saturated rings. The van der Waals surface area contributed by atoms with Gasteiger partial charge < -0.3 is 15.2 Å². The highest BCUT2D eigenvalue weighted by atomic mass is 16.1. The summed E-state index contributed by atoms with van der Waals surface area (Å²) in [7, 11) is 0. The molecule has 1 aliphatic rings. The molecule has 7 heteroatoms. The lowest BCUT2D eigenvalue weighted by atomic mass is 10.2. The van der Waals surface area contributed by atoms with Gasteiger partial charge in [0.05, 0.1) is 5.56 Å². The maximum atomic E-state index is 11.7. The molecule has 0 radical (unpaired) electrons. The lowest BCUT2D eigenvalue weighted by molar-refractivity contribution is 0.480. The number of H-pyrrole nitrogens is 2. The van der Waals surface area contributed by atoms with E-state index in [1.165, 1.54) is 6.07 Å². The summed E-state index contributed by atoms with van der Waals surface area (Å²) in [6, 6.07) is 1.89. The summed E-state index contributed by atoms with van der Waals surface area (Å²) < 4.78 is 0. The van der Waals surface area contributed by atoms with E-state index in [1.54, 1.807) is 12.4 Å². The van der Waals surface area contributed by atoms with Crippen LogP contribution in [0.15, 0.2) is 23.3 Å². The van der Waals surface area contributed by atoms with Gasteiger partial charge in [0.2, 0.25) is 5.95 Å². The molecule has 2 aromatic heterocycles. The van der Waals surface area contributed by atoms with Gasteiger partial charge in [0.1, 0.15) is 0 Å². The monoisotopic (exact) mass is 260 g/mol. The molecular formula is C12H16N6O. The van der Waals surface area contributed by atoms with Crippen molar-refractivity contribution in [3.8, 4) is 11.4 Å². The molecule has 0 aromatic carbocycles. The van der Waals surface area contributed by atoms with Gasteiger partial charge >= 0.3 is 0 Å². The van der Waals surface area contributed by atoms with Gasteiger partial charge in [0.25, 0.3) is 0 Å². The van der Waals surface area contributed by atoms with Crippen LogP contribution in [0, 0.1) is 0 Å². The number of anilines is 1. The van der Waals surface area contributed by atoms with Crippen LogP contribution >= 0.6 is 0 Å². The Hall–Kier alpha value is -2.15. The van der Waals surface area contributed by atoms with Crippen LogP contribution in [0.5, 0.6) is 0 Å². The van der Waals surface area contributed by atoms with E-state index in [9.17, 15) is 4.79 Å². The molecule has 1 aliphatic heterocycles. The molecule has 2 aromatic rings. The van der Waals surface area contributed by atoms with E-state index in [1.807, 2.05) is 0 Å². The van der Waals surface area contributed by atoms with Crippen LogP contribution in [0.2, 0.25) is 0 Å². The predicted molar refractivity (Wildman–Crippen MR) is 72.1 cm³/mol. The fourth-order valence-corrected chi connectivity index (χ4v) is 2.23. The molecule has 0 saturated carbocycles. The third-order valence-corrected chi connectivity index (χ3v) is 3.20. The zero-order chi connectivity index (χ0) is 13.2. The number of nitrogens with one attached hydrogen (secondary N) is 3. The summed E-state index contributed by atoms with van der Waals surface area (Å²) in [5.74, 6) is 1.15. The quantitative estimate of drug-likeness (QED) is 0.705. The van der Waals surface area contributed by atoms with E-state index in [0.717, 1.165) is 19.6 Å². The van der Waals surface area contributed by atoms with Gasteiger partial charge in [-0.2, -0.15) is 4.98 Å². The first-order valence-corrected chi connectivity index (χ1v) is 6.32. The third kappa shape index (κ3) is 2.37. The van der Waals surface area contributed by atoms with Gasteiger partial charge in [0, 0.05) is 44.1 Å². The lowest BCUT2D eigenvalue weighted by Gasteiger charge is -2.30. The van der Waals surface area contributed by atoms with Gasteiger partial charge in [0.15, 0.2) is 11.3 Å². The lowest BCUT2D eigenvalue weighted by Crippen LogP contribution is -2.49. The van der Waals surface area contributed by atoms with Crippen LogP contribution in [0.3, 0.4) is 0 Å². The van der Waals surface area contributed by atoms with Crippen LogP contribution in [0.1, 0.15) is 6.92 Å². The Morgan fingerprint density at radius 2 is 2.37 bits per heavy atom. The number of aromatic nitrogens is 4. The molecule has 1 saturated heterocycles. The molecule has 7 nitrogen and oxygen atoms in total. The van der Waals surface area contributed by atoms with Crippen LogP contribution < -0.4 is 15.6 Å². The Morgan fingerprint density at radius 3 is 3.16 bits per heavy atom. The topological polar surface area (TPSA) is 89.7 Å². The van der Waals surface area contributed by atoms with E-state index in [0.29, 0.717) is 23.4 Å². The molecule has 1 atom stereocenters. The third-order valence-electron chi connectivity index (χ3n) is 3.20. The first kappa shape index (κ1) is 11.9. The molecule has 0 aliphatic carbocycles. The maximum Gasteiger partial charge on any atom is 0.245 e. The smallest absolute Gasteiger partial charge is 0.245 e. The molecule has 0 bridgehead atoms. The van der Waals surface area contributed by atoms with E-state index in [2.05, 4.69) is 37.3 Å². The summed E-state index contributed by atoms with van der Waals surface area (Å²) in [5.41, 5.74) is 0.430. The highest BCUT2D eigenvalue weighted by Crippen LogP contribution is 2.14. The summed E-state index contributed by atoms with van der Waals surface area (Å²) in [6.07, 6.45) is 3.23. The van der Waals surface area contributed by atoms with Crippen molar-refractivity contribution in [1.29, 1.82) is 0 Å². The largest absolute Gasteiger partial charge is 0.367 e. The number of aromatic amines is 2. The molecule has 3 N–H and O–H groups in total. The second-order valence-corrected chi connectivity index (χ2v) is 4.71. The van der Waals surface area contributed by atoms with Gasteiger partial charge in [-0.15, -0.1) is 5.10 Å². The maximum absolute atomic E-state index is 11.7. The average Bonchev–Trinajstić information content (AvgIpc) is 2.89. The standard InChI is InChI=1S/C12H16N6O/c1-8-7-18(5-4-14-8)12-15-11(16-17-12)9-6-13-3-2-10(9)19/h2-3,6,8,14H,4-5,7H2,1H3,(H,13,19)(H,15,16,17)/t8-/m1/s1. The first-order chi connectivity index (χ1) is 9.24. The predicted octanol–water partition coefficient (Wildman–Crippen LogP) is -0.0419. The molecule has 3 rings (SSSR count). The van der Waals surface area contributed by atoms with Crippen LogP contribution in [0.25, 0.3) is 11.4 Å². The minimum atomic E-state index is -0.0740. The molecule has 19 heavy (non-hydrogen) atoms. The minimum Gasteiger partial charge on any atom is -0.367 e. The van der Waals surface area contributed by atoms with Gasteiger partial charge in [-0.3, -0.25) is 9.89 Å². The first-order valence-electron chi connectivity index (χ1n) is 6.32. The van der Waals surface area contributed by atoms with Crippen molar-refractivity contribution in [2.24, 2.45) is 0 Å². The molecule has 100 valence electrons. The van der Waals surface area contributed by atoms with E-state index < -0.39 is 0 Å². The number of piperazine rings is 1. The van der Waals surface area contributed by atoms with Crippen molar-refractivity contribution in [2.45, 2.75) is 13.0 Å². The van der Waals surface area contributed by atoms with Crippen molar-refractivity contribution in [3.63, 3.8) is 0 Å². The second-order valence-electron chi connectivity index (χ2n) is 4.71. The number of nitrogens with zero attached hydrogens (tertiary/aromatic N) is 3. The van der Waals surface area contributed by atoms with E-state index in [4.69, 9.17) is 0 Å². The summed E-state index contributed by atoms with van der Waals surface area (Å²) in [6.45, 7) is 4.77. The second kappa shape index (κ2) is 4.85. The summed E-state index contributed by atoms with van der Waals surface area (Å²) in [5, 5.41) is 10.4. The Balaban J connectivity index is 1.87. The molecule has 0 spiro atoms. The number of pyridine rings is 1. The Kier molecular flexibility index (Phi) is 3.04. The summed E-state index contributed by atoms with van der Waals surface area (Å²) >= 11 is 0. The zero-order valence-electron chi connectivity index (χ0n) is 10.7. The van der Waals surface area contributed by atoms with Gasteiger partial charge in [-0.25, -0.2) is 0 Å². The zero-order valence-corrected chi connectivity index (χ0v) is 10.7. The Labute approximate surface area is 110 Å². The van der Waals surface area contributed by atoms with Crippen molar-refractivity contribution in [1.82, 2.24) is 25.5 Å². The molecule has 0 amide bonds. The summed E-state index contributed by atoms with van der Waals surface area (Å²) in [4.78, 5) is 21.1. The van der Waals surface area contributed by atoms with Crippen molar-refractivity contribution in [3.05, 3.63) is 28.7 Å². The van der Waals surface area contributed by atoms with Crippen molar-refractivity contribution >= 4 is 5.95 Å². The minimum absolute atomic E-state index is 0.0740. The fourth-order valence-electron chi connectivity index (χ4n) is 2.23. The molecule has 0 unspecified atom stereocenters. The van der Waals surface area contributed by atoms with Crippen molar-refractivity contribution < 1.29 is 0 Å². The molecule has 3 heterocycles. The number of hydrogen-bond donors (Lipinski definition) is 3. The number of rotatable bonds is 2. The van der Waals surface area contributed by atoms with Crippen LogP contribution in [-0.4, -0.2) is 45.8 Å². The SMILES string of the molecule is C[C@@H]1CN(c2n[nH]c(-c3c[nH]ccc3=O)n2)CCN1. The highest BCUT2D eigenvalue weighted by Gasteiger charge is 2.19. The Bertz CT molecular complexity index is 618. The van der Waals surface area contributed by atoms with E-state index in [-0.39, 0.29) is 5.43 Å². The van der Waals surface area contributed by atoms with Crippen molar-refractivity contribution in [2.75, 3.05) is 24.5 Å². The van der Waals surface area contributed by atoms with Crippen LogP contribution in [0.4, 0.5) is 5.95 Å². The number of hydrogen-bond acceptors (Lipinski definition) is 5. The molecular weight excluding hydrogens is 244 g/mol. The fraction of sp³-hybridized carbons (Fsp3) is 0.417.